The van der Waals surface area contributed by atoms with E-state index in [0.29, 0.717) is 30.1 Å². The lowest BCUT2D eigenvalue weighted by Gasteiger charge is -2.33. The first kappa shape index (κ1) is 19.4. The van der Waals surface area contributed by atoms with Crippen LogP contribution in [-0.2, 0) is 0 Å². The summed E-state index contributed by atoms with van der Waals surface area (Å²) in [5, 5.41) is 4.12. The van der Waals surface area contributed by atoms with E-state index in [0.717, 1.165) is 30.0 Å². The van der Waals surface area contributed by atoms with Crippen LogP contribution in [0.25, 0.3) is 22.8 Å². The topological polar surface area (TPSA) is 73.5 Å². The Bertz CT molecular complexity index is 943. The number of methoxy groups -OCH3 is 1. The molecule has 1 atom stereocenters. The van der Waals surface area contributed by atoms with E-state index in [-0.39, 0.29) is 0 Å². The minimum absolute atomic E-state index is 0.417. The number of benzene rings is 1. The number of pyridine rings is 1. The molecule has 2 aromatic heterocycles. The normalized spacial score (nSPS) is 17.2. The molecule has 29 heavy (non-hydrogen) atoms. The van der Waals surface area contributed by atoms with Gasteiger partial charge in [-0.1, -0.05) is 23.7 Å². The first-order chi connectivity index (χ1) is 14.3. The van der Waals surface area contributed by atoms with Crippen molar-refractivity contribution in [1.82, 2.24) is 20.0 Å². The Kier molecular flexibility index (Phi) is 6.05. The molecule has 0 N–H and O–H groups in total. The quantitative estimate of drug-likeness (QED) is 0.598. The third-order valence-corrected chi connectivity index (χ3v) is 5.37. The van der Waals surface area contributed by atoms with Gasteiger partial charge in [0, 0.05) is 18.8 Å². The zero-order valence-corrected chi connectivity index (χ0v) is 16.9. The number of hydrogen-bond acceptors (Lipinski definition) is 7. The third-order valence-electron chi connectivity index (χ3n) is 5.37. The number of likely N-dealkylation sites (tertiary alicyclic amines) is 1. The molecule has 0 aliphatic carbocycles. The Morgan fingerprint density at radius 1 is 1.14 bits per heavy atom. The van der Waals surface area contributed by atoms with Gasteiger partial charge in [-0.2, -0.15) is 4.98 Å². The van der Waals surface area contributed by atoms with Crippen molar-refractivity contribution in [1.29, 1.82) is 0 Å². The highest BCUT2D eigenvalue weighted by Gasteiger charge is 2.19. The van der Waals surface area contributed by atoms with Crippen molar-refractivity contribution in [3.63, 3.8) is 0 Å². The van der Waals surface area contributed by atoms with E-state index >= 15 is 0 Å². The van der Waals surface area contributed by atoms with Crippen molar-refractivity contribution >= 4 is 0 Å². The van der Waals surface area contributed by atoms with Gasteiger partial charge in [-0.25, -0.2) is 0 Å². The first-order valence-electron chi connectivity index (χ1n) is 10.0. The molecule has 3 aromatic rings. The van der Waals surface area contributed by atoms with Crippen molar-refractivity contribution in [3.8, 4) is 34.3 Å². The van der Waals surface area contributed by atoms with Gasteiger partial charge < -0.3 is 14.0 Å². The van der Waals surface area contributed by atoms with Crippen LogP contribution in [-0.4, -0.2) is 52.9 Å². The summed E-state index contributed by atoms with van der Waals surface area (Å²) in [6.45, 7) is 4.98. The van der Waals surface area contributed by atoms with E-state index in [9.17, 15) is 0 Å². The Morgan fingerprint density at radius 3 is 2.90 bits per heavy atom. The van der Waals surface area contributed by atoms with Gasteiger partial charge in [0.1, 0.15) is 18.1 Å². The maximum atomic E-state index is 6.10. The molecule has 0 amide bonds. The fourth-order valence-corrected chi connectivity index (χ4v) is 3.70. The second-order valence-corrected chi connectivity index (χ2v) is 7.22. The monoisotopic (exact) mass is 394 g/mol. The average Bonchev–Trinajstić information content (AvgIpc) is 3.25. The summed E-state index contributed by atoms with van der Waals surface area (Å²) >= 11 is 0. The number of aromatic nitrogens is 3. The predicted molar refractivity (Wildman–Crippen MR) is 110 cm³/mol. The standard InChI is InChI=1S/C22H26N4O3/c1-16-7-5-6-12-26(16)13-14-28-19-9-4-3-8-18(19)22-24-21(25-29-22)17-10-11-23-15-20(17)27-2/h3-4,8-11,15-16H,5-7,12-14H2,1-2H3. The average molecular weight is 394 g/mol. The van der Waals surface area contributed by atoms with Gasteiger partial charge in [-0.05, 0) is 44.5 Å². The van der Waals surface area contributed by atoms with E-state index < -0.39 is 0 Å². The van der Waals surface area contributed by atoms with Gasteiger partial charge in [0.2, 0.25) is 5.82 Å². The summed E-state index contributed by atoms with van der Waals surface area (Å²) in [5.74, 6) is 2.21. The van der Waals surface area contributed by atoms with Crippen molar-refractivity contribution in [3.05, 3.63) is 42.7 Å². The molecule has 1 fully saturated rings. The highest BCUT2D eigenvalue weighted by atomic mass is 16.5. The summed E-state index contributed by atoms with van der Waals surface area (Å²) in [4.78, 5) is 11.1. The van der Waals surface area contributed by atoms with Gasteiger partial charge in [-0.3, -0.25) is 9.88 Å². The number of rotatable bonds is 7. The van der Waals surface area contributed by atoms with Crippen molar-refractivity contribution < 1.29 is 14.0 Å². The predicted octanol–water partition coefficient (Wildman–Crippen LogP) is 4.06. The zero-order valence-electron chi connectivity index (χ0n) is 16.9. The van der Waals surface area contributed by atoms with Crippen LogP contribution in [0.1, 0.15) is 26.2 Å². The molecular weight excluding hydrogens is 368 g/mol. The molecule has 4 rings (SSSR count). The number of nitrogens with zero attached hydrogens (tertiary/aromatic N) is 4. The molecule has 0 bridgehead atoms. The molecule has 3 heterocycles. The lowest BCUT2D eigenvalue weighted by Crippen LogP contribution is -2.39. The highest BCUT2D eigenvalue weighted by molar-refractivity contribution is 5.67. The van der Waals surface area contributed by atoms with E-state index in [1.165, 1.54) is 19.3 Å². The minimum Gasteiger partial charge on any atom is -0.494 e. The second kappa shape index (κ2) is 9.05. The Labute approximate surface area is 170 Å². The highest BCUT2D eigenvalue weighted by Crippen LogP contribution is 2.32. The fourth-order valence-electron chi connectivity index (χ4n) is 3.70. The summed E-state index contributed by atoms with van der Waals surface area (Å²) in [7, 11) is 1.59. The molecule has 152 valence electrons. The zero-order chi connectivity index (χ0) is 20.1. The number of para-hydroxylation sites is 1. The van der Waals surface area contributed by atoms with Gasteiger partial charge >= 0.3 is 0 Å². The van der Waals surface area contributed by atoms with Crippen LogP contribution in [0.5, 0.6) is 11.5 Å². The van der Waals surface area contributed by atoms with Gasteiger partial charge in [0.05, 0.1) is 24.4 Å². The van der Waals surface area contributed by atoms with E-state index in [4.69, 9.17) is 14.0 Å². The van der Waals surface area contributed by atoms with E-state index in [1.807, 2.05) is 24.3 Å². The van der Waals surface area contributed by atoms with Gasteiger partial charge in [-0.15, -0.1) is 0 Å². The first-order valence-corrected chi connectivity index (χ1v) is 10.0. The summed E-state index contributed by atoms with van der Waals surface area (Å²) in [6, 6.07) is 10.2. The molecule has 1 unspecified atom stereocenters. The lowest BCUT2D eigenvalue weighted by molar-refractivity contribution is 0.133. The van der Waals surface area contributed by atoms with Crippen LogP contribution in [0, 0.1) is 0 Å². The summed E-state index contributed by atoms with van der Waals surface area (Å²) < 4.78 is 17.0. The van der Waals surface area contributed by atoms with Crippen molar-refractivity contribution in [2.75, 3.05) is 26.8 Å². The SMILES string of the molecule is COc1cnccc1-c1noc(-c2ccccc2OCCN2CCCCC2C)n1. The molecule has 1 saturated heterocycles. The lowest BCUT2D eigenvalue weighted by atomic mass is 10.0. The maximum absolute atomic E-state index is 6.10. The molecule has 0 spiro atoms. The van der Waals surface area contributed by atoms with Gasteiger partial charge in [0.15, 0.2) is 0 Å². The minimum atomic E-state index is 0.417. The molecule has 1 aromatic carbocycles. The molecular formula is C22H26N4O3. The molecule has 7 heteroatoms. The third kappa shape index (κ3) is 4.40. The van der Waals surface area contributed by atoms with E-state index in [2.05, 4.69) is 26.9 Å². The number of piperidine rings is 1. The van der Waals surface area contributed by atoms with Crippen LogP contribution in [0.4, 0.5) is 0 Å². The number of hydrogen-bond donors (Lipinski definition) is 0. The van der Waals surface area contributed by atoms with Crippen molar-refractivity contribution in [2.45, 2.75) is 32.2 Å². The van der Waals surface area contributed by atoms with Crippen molar-refractivity contribution in [2.24, 2.45) is 0 Å². The summed E-state index contributed by atoms with van der Waals surface area (Å²) in [6.07, 6.45) is 7.16. The van der Waals surface area contributed by atoms with Crippen LogP contribution in [0.15, 0.2) is 47.2 Å². The molecule has 7 nitrogen and oxygen atoms in total. The largest absolute Gasteiger partial charge is 0.494 e. The maximum Gasteiger partial charge on any atom is 0.262 e. The van der Waals surface area contributed by atoms with Crippen LogP contribution >= 0.6 is 0 Å². The fraction of sp³-hybridized carbons (Fsp3) is 0.409. The van der Waals surface area contributed by atoms with Crippen LogP contribution in [0.3, 0.4) is 0 Å². The Hall–Kier alpha value is -2.93. The molecule has 1 aliphatic heterocycles. The Morgan fingerprint density at radius 2 is 2.03 bits per heavy atom. The van der Waals surface area contributed by atoms with Crippen LogP contribution in [0.2, 0.25) is 0 Å². The van der Waals surface area contributed by atoms with Crippen LogP contribution < -0.4 is 9.47 Å². The van der Waals surface area contributed by atoms with E-state index in [1.54, 1.807) is 25.6 Å². The Balaban J connectivity index is 1.49. The second-order valence-electron chi connectivity index (χ2n) is 7.22. The smallest absolute Gasteiger partial charge is 0.262 e. The van der Waals surface area contributed by atoms with Gasteiger partial charge in [0.25, 0.3) is 5.89 Å². The molecule has 1 aliphatic rings. The summed E-state index contributed by atoms with van der Waals surface area (Å²) in [5.41, 5.74) is 1.51. The molecule has 0 saturated carbocycles. The molecule has 0 radical (unpaired) electrons. The number of ether oxygens (including phenoxy) is 2.